The fourth-order valence-electron chi connectivity index (χ4n) is 3.15. The molecule has 0 amide bonds. The van der Waals surface area contributed by atoms with Crippen LogP contribution in [-0.4, -0.2) is 22.7 Å². The minimum Gasteiger partial charge on any atom is -0.483 e. The van der Waals surface area contributed by atoms with Gasteiger partial charge in [0.25, 0.3) is 6.47 Å². The summed E-state index contributed by atoms with van der Waals surface area (Å²) in [5.74, 6) is -0.878. The quantitative estimate of drug-likeness (QED) is 0.279. The Morgan fingerprint density at radius 1 is 0.862 bits per heavy atom. The van der Waals surface area contributed by atoms with E-state index in [1.807, 2.05) is 12.1 Å². The minimum atomic E-state index is -0.878. The predicted octanol–water partition coefficient (Wildman–Crippen LogP) is 7.28. The number of hydrogen-bond donors (Lipinski definition) is 2. The lowest BCUT2D eigenvalue weighted by atomic mass is 9.97. The average Bonchev–Trinajstić information content (AvgIpc) is 3.41. The van der Waals surface area contributed by atoms with Crippen molar-refractivity contribution >= 4 is 76.6 Å². The SMILES string of the molecule is Cc1cc(-c2cc3sccc3s2)c(C(=O)O)cc1-c1cc2sccc2s1.O=CO. The molecule has 0 saturated heterocycles. The standard InChI is InChI=1S/C20H12O2S4.CH2O2/c1-10-6-12(17-9-19-15(26-17)3-5-24-19)13(20(21)22)7-11(10)16-8-18-14(25-16)2-4-23-18;2-1-3/h2-9H,1H3,(H,21,22);1H,(H,2,3). The molecule has 0 fully saturated rings. The first kappa shape index (κ1) is 19.8. The number of thiophene rings is 4. The van der Waals surface area contributed by atoms with E-state index in [4.69, 9.17) is 9.90 Å². The number of aryl methyl sites for hydroxylation is 1. The summed E-state index contributed by atoms with van der Waals surface area (Å²) in [6, 6.07) is 12.4. The van der Waals surface area contributed by atoms with Crippen LogP contribution in [0, 0.1) is 6.92 Å². The van der Waals surface area contributed by atoms with E-state index >= 15 is 0 Å². The number of fused-ring (bicyclic) bond motifs is 2. The first-order valence-electron chi connectivity index (χ1n) is 8.42. The van der Waals surface area contributed by atoms with Gasteiger partial charge in [0.05, 0.1) is 5.56 Å². The molecular weight excluding hydrogens is 444 g/mol. The molecule has 0 saturated carbocycles. The second-order valence-corrected chi connectivity index (χ2v) is 10.2. The highest BCUT2D eigenvalue weighted by molar-refractivity contribution is 7.29. The van der Waals surface area contributed by atoms with Crippen LogP contribution >= 0.6 is 45.3 Å². The van der Waals surface area contributed by atoms with Crippen LogP contribution in [0.15, 0.2) is 47.2 Å². The van der Waals surface area contributed by atoms with Crippen molar-refractivity contribution in [3.8, 4) is 20.9 Å². The molecule has 0 aliphatic carbocycles. The number of benzene rings is 1. The summed E-state index contributed by atoms with van der Waals surface area (Å²) in [4.78, 5) is 22.5. The Morgan fingerprint density at radius 2 is 1.38 bits per heavy atom. The van der Waals surface area contributed by atoms with Crippen molar-refractivity contribution in [1.82, 2.24) is 0 Å². The minimum absolute atomic E-state index is 0.250. The van der Waals surface area contributed by atoms with Gasteiger partial charge in [-0.1, -0.05) is 0 Å². The predicted molar refractivity (Wildman–Crippen MR) is 124 cm³/mol. The van der Waals surface area contributed by atoms with Gasteiger partial charge >= 0.3 is 5.97 Å². The summed E-state index contributed by atoms with van der Waals surface area (Å²) < 4.78 is 4.93. The van der Waals surface area contributed by atoms with E-state index in [-0.39, 0.29) is 6.47 Å². The smallest absolute Gasteiger partial charge is 0.336 e. The van der Waals surface area contributed by atoms with Gasteiger partial charge in [0.1, 0.15) is 0 Å². The molecule has 146 valence electrons. The topological polar surface area (TPSA) is 74.6 Å². The molecule has 0 bridgehead atoms. The van der Waals surface area contributed by atoms with Crippen molar-refractivity contribution in [2.24, 2.45) is 0 Å². The summed E-state index contributed by atoms with van der Waals surface area (Å²) in [6.45, 7) is 1.81. The van der Waals surface area contributed by atoms with Crippen molar-refractivity contribution in [3.05, 3.63) is 58.3 Å². The first-order chi connectivity index (χ1) is 14.0. The zero-order chi connectivity index (χ0) is 20.5. The Hall–Kier alpha value is -2.52. The lowest BCUT2D eigenvalue weighted by molar-refractivity contribution is -0.122. The van der Waals surface area contributed by atoms with Gasteiger partial charge in [-0.15, -0.1) is 45.3 Å². The number of carboxylic acid groups (broad SMARTS) is 2. The van der Waals surface area contributed by atoms with Crippen LogP contribution in [0.3, 0.4) is 0 Å². The molecule has 0 unspecified atom stereocenters. The van der Waals surface area contributed by atoms with Gasteiger partial charge in [0.2, 0.25) is 0 Å². The van der Waals surface area contributed by atoms with Crippen molar-refractivity contribution in [2.45, 2.75) is 6.92 Å². The van der Waals surface area contributed by atoms with Crippen molar-refractivity contribution in [1.29, 1.82) is 0 Å². The molecule has 4 nitrogen and oxygen atoms in total. The third-order valence-electron chi connectivity index (χ3n) is 4.40. The van der Waals surface area contributed by atoms with E-state index in [9.17, 15) is 9.90 Å². The lowest BCUT2D eigenvalue weighted by Gasteiger charge is -2.10. The second kappa shape index (κ2) is 8.08. The molecule has 1 aromatic carbocycles. The fourth-order valence-corrected chi connectivity index (χ4v) is 7.48. The van der Waals surface area contributed by atoms with Gasteiger partial charge in [-0.3, -0.25) is 4.79 Å². The molecule has 5 aromatic rings. The zero-order valence-electron chi connectivity index (χ0n) is 15.0. The molecule has 29 heavy (non-hydrogen) atoms. The molecule has 4 aromatic heterocycles. The third-order valence-corrected chi connectivity index (χ3v) is 8.66. The Balaban J connectivity index is 0.000000645. The van der Waals surface area contributed by atoms with Gasteiger partial charge in [-0.05, 0) is 65.2 Å². The van der Waals surface area contributed by atoms with Crippen LogP contribution in [0.4, 0.5) is 0 Å². The van der Waals surface area contributed by atoms with Gasteiger partial charge < -0.3 is 10.2 Å². The van der Waals surface area contributed by atoms with Gasteiger partial charge in [0, 0.05) is 34.1 Å². The Bertz CT molecular complexity index is 1280. The summed E-state index contributed by atoms with van der Waals surface area (Å²) in [7, 11) is 0. The summed E-state index contributed by atoms with van der Waals surface area (Å²) >= 11 is 6.79. The van der Waals surface area contributed by atoms with E-state index in [0.717, 1.165) is 26.4 Å². The lowest BCUT2D eigenvalue weighted by Crippen LogP contribution is -2.00. The van der Waals surface area contributed by atoms with E-state index in [0.29, 0.717) is 5.56 Å². The maximum Gasteiger partial charge on any atom is 0.336 e. The zero-order valence-corrected chi connectivity index (χ0v) is 18.3. The number of carbonyl (C=O) groups is 2. The van der Waals surface area contributed by atoms with Gasteiger partial charge in [0.15, 0.2) is 0 Å². The highest BCUT2D eigenvalue weighted by atomic mass is 32.1. The summed E-state index contributed by atoms with van der Waals surface area (Å²) in [5, 5.41) is 20.9. The van der Waals surface area contributed by atoms with Crippen molar-refractivity contribution in [2.75, 3.05) is 0 Å². The molecule has 4 heterocycles. The Kier molecular flexibility index (Phi) is 5.51. The second-order valence-electron chi connectivity index (χ2n) is 6.14. The monoisotopic (exact) mass is 458 g/mol. The largest absolute Gasteiger partial charge is 0.483 e. The van der Waals surface area contributed by atoms with Crippen molar-refractivity contribution < 1.29 is 19.8 Å². The Labute approximate surface area is 181 Å². The first-order valence-corrected chi connectivity index (χ1v) is 11.8. The number of carboxylic acids is 1. The molecule has 0 spiro atoms. The molecule has 0 aliphatic rings. The molecule has 0 radical (unpaired) electrons. The molecule has 0 aliphatic heterocycles. The number of hydrogen-bond acceptors (Lipinski definition) is 6. The van der Waals surface area contributed by atoms with Gasteiger partial charge in [-0.2, -0.15) is 0 Å². The Morgan fingerprint density at radius 3 is 1.86 bits per heavy atom. The highest BCUT2D eigenvalue weighted by Crippen LogP contribution is 2.42. The van der Waals surface area contributed by atoms with Crippen LogP contribution in [-0.2, 0) is 4.79 Å². The van der Waals surface area contributed by atoms with Gasteiger partial charge in [-0.25, -0.2) is 4.79 Å². The normalized spacial score (nSPS) is 10.8. The van der Waals surface area contributed by atoms with E-state index in [1.165, 1.54) is 18.8 Å². The average molecular weight is 459 g/mol. The maximum absolute atomic E-state index is 12.0. The third kappa shape index (κ3) is 3.72. The summed E-state index contributed by atoms with van der Waals surface area (Å²) in [5.41, 5.74) is 3.30. The number of aromatic carboxylic acids is 1. The van der Waals surface area contributed by atoms with Crippen LogP contribution in [0.5, 0.6) is 0 Å². The molecule has 2 N–H and O–H groups in total. The maximum atomic E-state index is 12.0. The summed E-state index contributed by atoms with van der Waals surface area (Å²) in [6.07, 6.45) is 0. The van der Waals surface area contributed by atoms with Crippen molar-refractivity contribution in [3.63, 3.8) is 0 Å². The molecule has 0 atom stereocenters. The van der Waals surface area contributed by atoms with E-state index < -0.39 is 5.97 Å². The van der Waals surface area contributed by atoms with Crippen LogP contribution < -0.4 is 0 Å². The van der Waals surface area contributed by atoms with E-state index in [1.54, 1.807) is 45.3 Å². The van der Waals surface area contributed by atoms with Crippen LogP contribution in [0.1, 0.15) is 15.9 Å². The highest BCUT2D eigenvalue weighted by Gasteiger charge is 2.19. The fraction of sp³-hybridized carbons (Fsp3) is 0.0476. The molecular formula is C21H14O4S4. The van der Waals surface area contributed by atoms with Crippen LogP contribution in [0.2, 0.25) is 0 Å². The molecule has 8 heteroatoms. The number of rotatable bonds is 3. The molecule has 5 rings (SSSR count). The van der Waals surface area contributed by atoms with Crippen LogP contribution in [0.25, 0.3) is 39.7 Å². The van der Waals surface area contributed by atoms with E-state index in [2.05, 4.69) is 41.9 Å².